The molecule has 7 nitrogen and oxygen atoms in total. The van der Waals surface area contributed by atoms with Crippen molar-refractivity contribution in [3.8, 4) is 0 Å². The summed E-state index contributed by atoms with van der Waals surface area (Å²) >= 11 is 3.43. The number of para-hydroxylation sites is 1. The van der Waals surface area contributed by atoms with Gasteiger partial charge >= 0.3 is 0 Å². The van der Waals surface area contributed by atoms with E-state index >= 15 is 0 Å². The molecule has 0 unspecified atom stereocenters. The van der Waals surface area contributed by atoms with Crippen LogP contribution < -0.4 is 4.90 Å². The predicted octanol–water partition coefficient (Wildman–Crippen LogP) is 5.27. The minimum atomic E-state index is -0.907. The van der Waals surface area contributed by atoms with Crippen LogP contribution in [0.3, 0.4) is 0 Å². The molecular formula is C23H15BrN2O5. The molecule has 2 aromatic carbocycles. The fraction of sp³-hybridized carbons (Fsp3) is 0.0870. The van der Waals surface area contributed by atoms with Crippen LogP contribution in [0.5, 0.6) is 0 Å². The molecule has 8 heteroatoms. The molecule has 1 amide bonds. The van der Waals surface area contributed by atoms with Crippen LogP contribution in [0, 0.1) is 6.92 Å². The standard InChI is InChI=1S/C23H15BrN2O5/c1-12-9-18(25-31-12)26-20(14-6-4-7-15(24)10-14)19(22(28)23(26)29)21(27)17-11-13-5-2-3-8-16(13)30-17/h2-11,20,28H,1H3/t20-/m0/s1. The van der Waals surface area contributed by atoms with Gasteiger partial charge in [-0.2, -0.15) is 0 Å². The zero-order chi connectivity index (χ0) is 21.7. The van der Waals surface area contributed by atoms with E-state index < -0.39 is 23.5 Å². The number of nitrogens with zero attached hydrogens (tertiary/aromatic N) is 2. The molecule has 31 heavy (non-hydrogen) atoms. The van der Waals surface area contributed by atoms with Crippen molar-refractivity contribution < 1.29 is 23.6 Å². The number of Topliss-reactive ketones (excluding diaryl/α,β-unsaturated/α-hetero) is 1. The lowest BCUT2D eigenvalue weighted by Gasteiger charge is -2.24. The van der Waals surface area contributed by atoms with Gasteiger partial charge in [0.15, 0.2) is 17.3 Å². The van der Waals surface area contributed by atoms with Crippen LogP contribution in [-0.2, 0) is 4.79 Å². The molecule has 0 saturated carbocycles. The Bertz CT molecular complexity index is 1350. The highest BCUT2D eigenvalue weighted by atomic mass is 79.9. The number of halogens is 1. The van der Waals surface area contributed by atoms with Gasteiger partial charge in [-0.25, -0.2) is 0 Å². The Morgan fingerprint density at radius 2 is 1.94 bits per heavy atom. The third-order valence-electron chi connectivity index (χ3n) is 5.13. The second-order valence-electron chi connectivity index (χ2n) is 7.17. The Morgan fingerprint density at radius 1 is 1.13 bits per heavy atom. The van der Waals surface area contributed by atoms with Crippen LogP contribution >= 0.6 is 15.9 Å². The van der Waals surface area contributed by atoms with Crippen LogP contribution in [0.2, 0.25) is 0 Å². The van der Waals surface area contributed by atoms with Gasteiger partial charge in [-0.1, -0.05) is 51.4 Å². The molecule has 0 fully saturated rings. The van der Waals surface area contributed by atoms with Crippen molar-refractivity contribution >= 4 is 44.4 Å². The van der Waals surface area contributed by atoms with Gasteiger partial charge in [0.2, 0.25) is 5.78 Å². The maximum Gasteiger partial charge on any atom is 0.295 e. The number of fused-ring (bicyclic) bond motifs is 1. The number of benzene rings is 2. The fourth-order valence-corrected chi connectivity index (χ4v) is 4.18. The number of furan rings is 1. The van der Waals surface area contributed by atoms with E-state index in [1.165, 1.54) is 4.90 Å². The lowest BCUT2D eigenvalue weighted by Crippen LogP contribution is -2.31. The number of carbonyl (C=O) groups excluding carboxylic acids is 2. The second-order valence-corrected chi connectivity index (χ2v) is 8.08. The molecule has 1 aliphatic rings. The van der Waals surface area contributed by atoms with E-state index in [4.69, 9.17) is 8.94 Å². The van der Waals surface area contributed by atoms with Gasteiger partial charge in [0.05, 0.1) is 11.6 Å². The summed E-state index contributed by atoms with van der Waals surface area (Å²) in [5.74, 6) is -1.23. The van der Waals surface area contributed by atoms with Crippen LogP contribution in [0.25, 0.3) is 11.0 Å². The largest absolute Gasteiger partial charge is 0.503 e. The summed E-state index contributed by atoms with van der Waals surface area (Å²) < 4.78 is 11.6. The molecule has 154 valence electrons. The summed E-state index contributed by atoms with van der Waals surface area (Å²) in [7, 11) is 0. The minimum absolute atomic E-state index is 0.0359. The van der Waals surface area contributed by atoms with Crippen LogP contribution in [-0.4, -0.2) is 22.0 Å². The van der Waals surface area contributed by atoms with E-state index in [-0.39, 0.29) is 17.2 Å². The van der Waals surface area contributed by atoms with Crippen molar-refractivity contribution in [2.24, 2.45) is 0 Å². The Hall–Kier alpha value is -3.65. The highest BCUT2D eigenvalue weighted by Crippen LogP contribution is 2.42. The first-order chi connectivity index (χ1) is 14.9. The summed E-state index contributed by atoms with van der Waals surface area (Å²) in [6.07, 6.45) is 0. The van der Waals surface area contributed by atoms with Crippen LogP contribution in [0.1, 0.15) is 27.9 Å². The van der Waals surface area contributed by atoms with Crippen molar-refractivity contribution in [2.75, 3.05) is 4.90 Å². The number of aliphatic hydroxyl groups is 1. The summed E-state index contributed by atoms with van der Waals surface area (Å²) in [5, 5.41) is 15.4. The summed E-state index contributed by atoms with van der Waals surface area (Å²) in [4.78, 5) is 27.8. The Balaban J connectivity index is 1.67. The van der Waals surface area contributed by atoms with Crippen molar-refractivity contribution in [3.63, 3.8) is 0 Å². The molecule has 0 radical (unpaired) electrons. The van der Waals surface area contributed by atoms with E-state index in [1.54, 1.807) is 49.4 Å². The highest BCUT2D eigenvalue weighted by molar-refractivity contribution is 9.10. The summed E-state index contributed by atoms with van der Waals surface area (Å²) in [5.41, 5.74) is 1.08. The Morgan fingerprint density at radius 3 is 2.65 bits per heavy atom. The number of aryl methyl sites for hydroxylation is 1. The van der Waals surface area contributed by atoms with E-state index in [0.29, 0.717) is 16.9 Å². The molecule has 1 aliphatic heterocycles. The number of hydrogen-bond donors (Lipinski definition) is 1. The molecule has 5 rings (SSSR count). The number of anilines is 1. The molecular weight excluding hydrogens is 464 g/mol. The summed E-state index contributed by atoms with van der Waals surface area (Å²) in [6, 6.07) is 16.6. The summed E-state index contributed by atoms with van der Waals surface area (Å²) in [6.45, 7) is 1.69. The van der Waals surface area contributed by atoms with Gasteiger partial charge in [-0.05, 0) is 36.8 Å². The molecule has 0 bridgehead atoms. The average molecular weight is 479 g/mol. The molecule has 3 heterocycles. The fourth-order valence-electron chi connectivity index (χ4n) is 3.76. The third kappa shape index (κ3) is 3.16. The molecule has 4 aromatic rings. The molecule has 2 aromatic heterocycles. The van der Waals surface area contributed by atoms with Crippen LogP contribution in [0.15, 0.2) is 85.4 Å². The number of aliphatic hydroxyl groups excluding tert-OH is 1. The number of ketones is 1. The van der Waals surface area contributed by atoms with E-state index in [0.717, 1.165) is 9.86 Å². The van der Waals surface area contributed by atoms with Crippen molar-refractivity contribution in [2.45, 2.75) is 13.0 Å². The van der Waals surface area contributed by atoms with Crippen molar-refractivity contribution in [1.82, 2.24) is 5.16 Å². The first-order valence-electron chi connectivity index (χ1n) is 9.43. The quantitative estimate of drug-likeness (QED) is 0.401. The number of carbonyl (C=O) groups is 2. The number of amides is 1. The zero-order valence-corrected chi connectivity index (χ0v) is 17.8. The molecule has 0 saturated heterocycles. The second kappa shape index (κ2) is 7.24. The Labute approximate surface area is 184 Å². The smallest absolute Gasteiger partial charge is 0.295 e. The maximum atomic E-state index is 13.5. The molecule has 0 spiro atoms. The normalized spacial score (nSPS) is 16.5. The van der Waals surface area contributed by atoms with Crippen LogP contribution in [0.4, 0.5) is 5.82 Å². The average Bonchev–Trinajstić information content (AvgIpc) is 3.44. The van der Waals surface area contributed by atoms with Gasteiger partial charge < -0.3 is 14.0 Å². The topological polar surface area (TPSA) is 96.8 Å². The van der Waals surface area contributed by atoms with Gasteiger partial charge in [0, 0.05) is 15.9 Å². The van der Waals surface area contributed by atoms with Gasteiger partial charge in [0.1, 0.15) is 11.3 Å². The molecule has 1 N–H and O–H groups in total. The molecule has 1 atom stereocenters. The third-order valence-corrected chi connectivity index (χ3v) is 5.62. The van der Waals surface area contributed by atoms with Gasteiger partial charge in [0.25, 0.3) is 5.91 Å². The highest BCUT2D eigenvalue weighted by Gasteiger charge is 2.46. The zero-order valence-electron chi connectivity index (χ0n) is 16.2. The SMILES string of the molecule is Cc1cc(N2C(=O)C(O)=C(C(=O)c3cc4ccccc4o3)[C@@H]2c2cccc(Br)c2)no1. The van der Waals surface area contributed by atoms with Gasteiger partial charge in [-0.3, -0.25) is 14.5 Å². The van der Waals surface area contributed by atoms with Crippen molar-refractivity contribution in [1.29, 1.82) is 0 Å². The first kappa shape index (κ1) is 19.3. The van der Waals surface area contributed by atoms with E-state index in [2.05, 4.69) is 21.1 Å². The maximum absolute atomic E-state index is 13.5. The van der Waals surface area contributed by atoms with Crippen molar-refractivity contribution in [3.05, 3.63) is 93.6 Å². The van der Waals surface area contributed by atoms with Gasteiger partial charge in [-0.15, -0.1) is 0 Å². The minimum Gasteiger partial charge on any atom is -0.503 e. The molecule has 0 aliphatic carbocycles. The van der Waals surface area contributed by atoms with E-state index in [1.807, 2.05) is 18.2 Å². The lowest BCUT2D eigenvalue weighted by molar-refractivity contribution is -0.117. The number of rotatable bonds is 4. The lowest BCUT2D eigenvalue weighted by atomic mass is 9.95. The monoisotopic (exact) mass is 478 g/mol. The van der Waals surface area contributed by atoms with E-state index in [9.17, 15) is 14.7 Å². The number of hydrogen-bond acceptors (Lipinski definition) is 6. The Kier molecular flexibility index (Phi) is 4.51. The first-order valence-corrected chi connectivity index (χ1v) is 10.2. The predicted molar refractivity (Wildman–Crippen MR) is 116 cm³/mol. The number of aromatic nitrogens is 1.